The fourth-order valence-electron chi connectivity index (χ4n) is 4.07. The van der Waals surface area contributed by atoms with Crippen LogP contribution in [0.3, 0.4) is 0 Å². The molecule has 5 rings (SSSR count). The molecule has 2 atom stereocenters. The Morgan fingerprint density at radius 3 is 2.65 bits per heavy atom. The van der Waals surface area contributed by atoms with Crippen LogP contribution in [0.25, 0.3) is 22.4 Å². The van der Waals surface area contributed by atoms with Crippen LogP contribution in [0.5, 0.6) is 0 Å². The molecule has 176 valence electrons. The van der Waals surface area contributed by atoms with E-state index in [0.29, 0.717) is 63.8 Å². The molecule has 11 heteroatoms. The molecular weight excluding hydrogens is 469 g/mol. The highest BCUT2D eigenvalue weighted by atomic mass is 35.5. The van der Waals surface area contributed by atoms with Crippen molar-refractivity contribution in [2.24, 2.45) is 0 Å². The van der Waals surface area contributed by atoms with Crippen molar-refractivity contribution in [1.82, 2.24) is 29.7 Å². The van der Waals surface area contributed by atoms with Gasteiger partial charge in [-0.25, -0.2) is 29.0 Å². The van der Waals surface area contributed by atoms with Gasteiger partial charge in [0.15, 0.2) is 5.65 Å². The fraction of sp³-hybridized carbons (Fsp3) is 0.348. The molecular formula is C23H20ClF3N6O. The van der Waals surface area contributed by atoms with Crippen LogP contribution in [-0.4, -0.2) is 36.3 Å². The van der Waals surface area contributed by atoms with E-state index in [1.54, 1.807) is 12.1 Å². The molecule has 0 radical (unpaired) electrons. The van der Waals surface area contributed by atoms with Crippen molar-refractivity contribution < 1.29 is 17.9 Å². The van der Waals surface area contributed by atoms with E-state index in [-0.39, 0.29) is 16.5 Å². The van der Waals surface area contributed by atoms with E-state index in [1.807, 2.05) is 13.8 Å². The lowest BCUT2D eigenvalue weighted by atomic mass is 9.92. The highest BCUT2D eigenvalue weighted by Crippen LogP contribution is 2.38. The monoisotopic (exact) mass is 488 g/mol. The summed E-state index contributed by atoms with van der Waals surface area (Å²) in [5.41, 5.74) is 3.31. The average Bonchev–Trinajstić information content (AvgIpc) is 3.31. The third-order valence-electron chi connectivity index (χ3n) is 5.99. The molecule has 1 saturated heterocycles. The van der Waals surface area contributed by atoms with Crippen molar-refractivity contribution in [3.63, 3.8) is 0 Å². The summed E-state index contributed by atoms with van der Waals surface area (Å²) >= 11 is 5.95. The number of aromatic nitrogens is 6. The van der Waals surface area contributed by atoms with Crippen molar-refractivity contribution in [2.75, 3.05) is 6.61 Å². The van der Waals surface area contributed by atoms with Crippen LogP contribution in [0.15, 0.2) is 30.6 Å². The van der Waals surface area contributed by atoms with E-state index >= 15 is 0 Å². The van der Waals surface area contributed by atoms with Crippen LogP contribution in [0.4, 0.5) is 13.2 Å². The molecule has 0 spiro atoms. The number of halogens is 4. The molecule has 3 aromatic heterocycles. The van der Waals surface area contributed by atoms with Crippen molar-refractivity contribution in [1.29, 1.82) is 0 Å². The predicted molar refractivity (Wildman–Crippen MR) is 119 cm³/mol. The number of fused-ring (bicyclic) bond motifs is 1. The van der Waals surface area contributed by atoms with Gasteiger partial charge < -0.3 is 4.74 Å². The largest absolute Gasteiger partial charge is 0.373 e. The lowest BCUT2D eigenvalue weighted by molar-refractivity contribution is 0.00350. The Morgan fingerprint density at radius 2 is 1.91 bits per heavy atom. The number of ether oxygens (including phenoxy) is 1. The number of nitrogens with zero attached hydrogens (tertiary/aromatic N) is 6. The van der Waals surface area contributed by atoms with Crippen LogP contribution in [0, 0.1) is 19.7 Å². The maximum absolute atomic E-state index is 14.9. The van der Waals surface area contributed by atoms with Crippen LogP contribution < -0.4 is 0 Å². The highest BCUT2D eigenvalue weighted by molar-refractivity contribution is 6.30. The smallest absolute Gasteiger partial charge is 0.333 e. The van der Waals surface area contributed by atoms with Crippen molar-refractivity contribution in [2.45, 2.75) is 45.3 Å². The molecule has 0 N–H and O–H groups in total. The van der Waals surface area contributed by atoms with Crippen molar-refractivity contribution in [3.8, 4) is 11.3 Å². The molecule has 1 fully saturated rings. The quantitative estimate of drug-likeness (QED) is 0.365. The number of alkyl halides is 2. The van der Waals surface area contributed by atoms with E-state index in [1.165, 1.54) is 18.5 Å². The number of benzene rings is 1. The number of hydrogen-bond donors (Lipinski definition) is 0. The van der Waals surface area contributed by atoms with Gasteiger partial charge in [-0.05, 0) is 44.9 Å². The third-order valence-corrected chi connectivity index (χ3v) is 6.22. The number of aryl methyl sites for hydroxylation is 2. The second-order valence-electron chi connectivity index (χ2n) is 8.23. The molecule has 1 aromatic carbocycles. The van der Waals surface area contributed by atoms with Gasteiger partial charge in [0, 0.05) is 34.9 Å². The molecule has 2 unspecified atom stereocenters. The summed E-state index contributed by atoms with van der Waals surface area (Å²) in [4.78, 5) is 18.6. The zero-order valence-corrected chi connectivity index (χ0v) is 19.1. The van der Waals surface area contributed by atoms with E-state index < -0.39 is 18.5 Å². The normalized spacial score (nSPS) is 18.7. The maximum atomic E-state index is 14.9. The molecule has 0 bridgehead atoms. The van der Waals surface area contributed by atoms with Gasteiger partial charge in [-0.2, -0.15) is 13.9 Å². The number of hydrogen-bond acceptors (Lipinski definition) is 6. The van der Waals surface area contributed by atoms with E-state index in [9.17, 15) is 13.2 Å². The lowest BCUT2D eigenvalue weighted by Crippen LogP contribution is -2.20. The van der Waals surface area contributed by atoms with Gasteiger partial charge in [0.05, 0.1) is 23.7 Å². The Bertz CT molecular complexity index is 1380. The Kier molecular flexibility index (Phi) is 5.95. The van der Waals surface area contributed by atoms with Gasteiger partial charge in [-0.15, -0.1) is 0 Å². The first-order valence-electron chi connectivity index (χ1n) is 10.7. The molecule has 4 heterocycles. The van der Waals surface area contributed by atoms with Crippen molar-refractivity contribution >= 4 is 22.8 Å². The fourth-order valence-corrected chi connectivity index (χ4v) is 4.23. The van der Waals surface area contributed by atoms with Crippen molar-refractivity contribution in [3.05, 3.63) is 64.2 Å². The van der Waals surface area contributed by atoms with Gasteiger partial charge in [0.2, 0.25) is 0 Å². The van der Waals surface area contributed by atoms with Gasteiger partial charge >= 0.3 is 6.55 Å². The topological polar surface area (TPSA) is 78.6 Å². The van der Waals surface area contributed by atoms with Gasteiger partial charge in [-0.1, -0.05) is 11.6 Å². The summed E-state index contributed by atoms with van der Waals surface area (Å²) in [6.45, 7) is 1.32. The molecule has 1 aliphatic rings. The predicted octanol–water partition coefficient (Wildman–Crippen LogP) is 5.72. The van der Waals surface area contributed by atoms with Crippen LogP contribution in [-0.2, 0) is 4.74 Å². The Balaban J connectivity index is 1.58. The zero-order chi connectivity index (χ0) is 24.0. The van der Waals surface area contributed by atoms with Gasteiger partial charge in [-0.3, -0.25) is 0 Å². The number of rotatable bonds is 4. The molecule has 34 heavy (non-hydrogen) atoms. The maximum Gasteiger partial charge on any atom is 0.333 e. The molecule has 4 aromatic rings. The van der Waals surface area contributed by atoms with Crippen LogP contribution in [0.1, 0.15) is 54.2 Å². The summed E-state index contributed by atoms with van der Waals surface area (Å²) < 4.78 is 47.2. The van der Waals surface area contributed by atoms with E-state index in [0.717, 1.165) is 0 Å². The van der Waals surface area contributed by atoms with Gasteiger partial charge in [0.25, 0.3) is 0 Å². The molecule has 7 nitrogen and oxygen atoms in total. The Labute approximate surface area is 198 Å². The lowest BCUT2D eigenvalue weighted by Gasteiger charge is -2.28. The molecule has 0 saturated carbocycles. The highest BCUT2D eigenvalue weighted by Gasteiger charge is 2.30. The summed E-state index contributed by atoms with van der Waals surface area (Å²) in [5, 5.41) is 3.98. The van der Waals surface area contributed by atoms with Gasteiger partial charge in [0.1, 0.15) is 22.9 Å². The first kappa shape index (κ1) is 22.7. The van der Waals surface area contributed by atoms with Crippen LogP contribution in [0.2, 0.25) is 5.02 Å². The summed E-state index contributed by atoms with van der Waals surface area (Å²) in [6, 6.07) is 4.38. The standard InChI is InChI=1S/C23H20ClF3N6O/c1-11-12(2)30-22-20(29-11)19(16-4-3-15(24)8-17(16)25)31-21(32-22)13-5-6-34-18(7-13)14-9-28-33(10-14)23(26)27/h3-4,8-10,13,18,23H,5-7H2,1-2H3. The molecule has 0 aliphatic carbocycles. The summed E-state index contributed by atoms with van der Waals surface area (Å²) in [6.07, 6.45) is 3.30. The molecule has 1 aliphatic heterocycles. The Hall–Kier alpha value is -3.11. The first-order chi connectivity index (χ1) is 16.3. The zero-order valence-electron chi connectivity index (χ0n) is 18.3. The minimum Gasteiger partial charge on any atom is -0.373 e. The second kappa shape index (κ2) is 8.92. The van der Waals surface area contributed by atoms with E-state index in [4.69, 9.17) is 21.3 Å². The first-order valence-corrected chi connectivity index (χ1v) is 11.1. The second-order valence-corrected chi connectivity index (χ2v) is 8.67. The minimum atomic E-state index is -2.72. The SMILES string of the molecule is Cc1nc2nc(C3CCOC(c4cnn(C(F)F)c4)C3)nc(-c3ccc(Cl)cc3F)c2nc1C. The average molecular weight is 489 g/mol. The van der Waals surface area contributed by atoms with E-state index in [2.05, 4.69) is 20.1 Å². The Morgan fingerprint density at radius 1 is 1.12 bits per heavy atom. The molecule has 0 amide bonds. The summed E-state index contributed by atoms with van der Waals surface area (Å²) in [5.74, 6) is -0.206. The minimum absolute atomic E-state index is 0.157. The van der Waals surface area contributed by atoms with Crippen LogP contribution >= 0.6 is 11.6 Å². The third kappa shape index (κ3) is 4.23. The summed E-state index contributed by atoms with van der Waals surface area (Å²) in [7, 11) is 0.